The first-order valence-corrected chi connectivity index (χ1v) is 9.65. The van der Waals surface area contributed by atoms with Crippen LogP contribution in [0.1, 0.15) is 11.4 Å². The van der Waals surface area contributed by atoms with Crippen LogP contribution in [0.4, 0.5) is 5.82 Å². The van der Waals surface area contributed by atoms with Gasteiger partial charge >= 0.3 is 0 Å². The van der Waals surface area contributed by atoms with Crippen LogP contribution < -0.4 is 5.32 Å². The van der Waals surface area contributed by atoms with Crippen molar-refractivity contribution < 1.29 is 0 Å². The van der Waals surface area contributed by atoms with E-state index in [1.54, 1.807) is 18.6 Å². The summed E-state index contributed by atoms with van der Waals surface area (Å²) in [6.07, 6.45) is 7.12. The van der Waals surface area contributed by atoms with Gasteiger partial charge in [0.2, 0.25) is 5.82 Å². The standard InChI is InChI=1S/C23H19N7/c1-16-13-24-15-20(27-16)22-28-23(26-14-18-9-5-6-11-25-18)21-19(10-12-30(21)29-22)17-7-3-2-4-8-17/h2-13,15H,14H2,1H3,(H,26,28,29). The van der Waals surface area contributed by atoms with Gasteiger partial charge in [-0.05, 0) is 30.7 Å². The third-order valence-corrected chi connectivity index (χ3v) is 4.74. The lowest BCUT2D eigenvalue weighted by atomic mass is 10.1. The molecule has 0 aliphatic heterocycles. The minimum atomic E-state index is 0.512. The molecule has 0 fully saturated rings. The van der Waals surface area contributed by atoms with E-state index in [4.69, 9.17) is 10.1 Å². The summed E-state index contributed by atoms with van der Waals surface area (Å²) < 4.78 is 1.84. The summed E-state index contributed by atoms with van der Waals surface area (Å²) in [7, 11) is 0. The van der Waals surface area contributed by atoms with Gasteiger partial charge in [0.1, 0.15) is 11.2 Å². The first-order valence-electron chi connectivity index (χ1n) is 9.65. The van der Waals surface area contributed by atoms with E-state index in [0.29, 0.717) is 18.1 Å². The molecule has 0 aliphatic rings. The predicted octanol–water partition coefficient (Wildman–Crippen LogP) is 4.17. The Kier molecular flexibility index (Phi) is 4.61. The molecule has 0 spiro atoms. The highest BCUT2D eigenvalue weighted by atomic mass is 15.3. The molecule has 1 N–H and O–H groups in total. The zero-order valence-electron chi connectivity index (χ0n) is 16.4. The van der Waals surface area contributed by atoms with Crippen molar-refractivity contribution in [2.24, 2.45) is 0 Å². The predicted molar refractivity (Wildman–Crippen MR) is 116 cm³/mol. The van der Waals surface area contributed by atoms with Crippen LogP contribution >= 0.6 is 0 Å². The van der Waals surface area contributed by atoms with E-state index >= 15 is 0 Å². The molecule has 0 saturated carbocycles. The first-order chi connectivity index (χ1) is 14.8. The molecule has 4 aromatic heterocycles. The normalized spacial score (nSPS) is 11.0. The fourth-order valence-corrected chi connectivity index (χ4v) is 3.36. The van der Waals surface area contributed by atoms with Gasteiger partial charge in [-0.15, -0.1) is 5.10 Å². The van der Waals surface area contributed by atoms with Crippen LogP contribution in [-0.4, -0.2) is 29.5 Å². The second kappa shape index (κ2) is 7.71. The number of hydrogen-bond acceptors (Lipinski definition) is 6. The molecule has 7 heteroatoms. The van der Waals surface area contributed by atoms with Gasteiger partial charge in [0.25, 0.3) is 0 Å². The molecule has 0 unspecified atom stereocenters. The van der Waals surface area contributed by atoms with E-state index in [1.165, 1.54) is 0 Å². The molecule has 5 rings (SSSR count). The molecule has 0 amide bonds. The van der Waals surface area contributed by atoms with Gasteiger partial charge in [-0.25, -0.2) is 14.5 Å². The molecule has 30 heavy (non-hydrogen) atoms. The number of aryl methyl sites for hydroxylation is 1. The monoisotopic (exact) mass is 393 g/mol. The van der Waals surface area contributed by atoms with E-state index in [9.17, 15) is 0 Å². The first kappa shape index (κ1) is 17.9. The lowest BCUT2D eigenvalue weighted by Crippen LogP contribution is -2.08. The smallest absolute Gasteiger partial charge is 0.202 e. The minimum absolute atomic E-state index is 0.512. The van der Waals surface area contributed by atoms with E-state index in [2.05, 4.69) is 38.5 Å². The number of aromatic nitrogens is 6. The third-order valence-electron chi connectivity index (χ3n) is 4.74. The van der Waals surface area contributed by atoms with Gasteiger partial charge in [0, 0.05) is 24.2 Å². The fourth-order valence-electron chi connectivity index (χ4n) is 3.36. The largest absolute Gasteiger partial charge is 0.363 e. The topological polar surface area (TPSA) is 80.9 Å². The summed E-state index contributed by atoms with van der Waals surface area (Å²) in [5.41, 5.74) is 5.44. The number of rotatable bonds is 5. The maximum absolute atomic E-state index is 4.81. The van der Waals surface area contributed by atoms with E-state index < -0.39 is 0 Å². The molecule has 4 heterocycles. The highest BCUT2D eigenvalue weighted by Gasteiger charge is 2.16. The quantitative estimate of drug-likeness (QED) is 0.483. The summed E-state index contributed by atoms with van der Waals surface area (Å²) in [5.74, 6) is 1.23. The van der Waals surface area contributed by atoms with Crippen molar-refractivity contribution in [1.29, 1.82) is 0 Å². The highest BCUT2D eigenvalue weighted by Crippen LogP contribution is 2.30. The Morgan fingerprint density at radius 2 is 1.80 bits per heavy atom. The number of pyridine rings is 1. The van der Waals surface area contributed by atoms with Crippen molar-refractivity contribution in [2.45, 2.75) is 13.5 Å². The van der Waals surface area contributed by atoms with E-state index in [0.717, 1.165) is 33.8 Å². The van der Waals surface area contributed by atoms with Gasteiger partial charge in [0.05, 0.1) is 24.1 Å². The van der Waals surface area contributed by atoms with Crippen molar-refractivity contribution in [3.63, 3.8) is 0 Å². The number of fused-ring (bicyclic) bond motifs is 1. The Bertz CT molecular complexity index is 1300. The highest BCUT2D eigenvalue weighted by molar-refractivity contribution is 5.89. The van der Waals surface area contributed by atoms with Gasteiger partial charge in [-0.2, -0.15) is 0 Å². The summed E-state index contributed by atoms with van der Waals surface area (Å²) in [6, 6.07) is 18.1. The molecular formula is C23H19N7. The molecular weight excluding hydrogens is 374 g/mol. The molecule has 7 nitrogen and oxygen atoms in total. The van der Waals surface area contributed by atoms with E-state index in [1.807, 2.05) is 54.0 Å². The van der Waals surface area contributed by atoms with Crippen LogP contribution in [0.15, 0.2) is 79.4 Å². The summed E-state index contributed by atoms with van der Waals surface area (Å²) in [4.78, 5) is 18.0. The second-order valence-corrected chi connectivity index (χ2v) is 6.89. The third kappa shape index (κ3) is 3.48. The van der Waals surface area contributed by atoms with Crippen LogP contribution in [0, 0.1) is 6.92 Å². The molecule has 0 radical (unpaired) electrons. The number of benzene rings is 1. The Balaban J connectivity index is 1.65. The second-order valence-electron chi connectivity index (χ2n) is 6.89. The van der Waals surface area contributed by atoms with Crippen molar-refractivity contribution in [3.05, 3.63) is 90.8 Å². The van der Waals surface area contributed by atoms with Crippen molar-refractivity contribution in [2.75, 3.05) is 5.32 Å². The molecule has 1 aromatic carbocycles. The lowest BCUT2D eigenvalue weighted by molar-refractivity contribution is 0.897. The SMILES string of the molecule is Cc1cncc(-c2nc(NCc3ccccn3)c3c(-c4ccccc4)ccn3n2)n1. The zero-order valence-corrected chi connectivity index (χ0v) is 16.4. The maximum atomic E-state index is 4.81. The number of nitrogens with zero attached hydrogens (tertiary/aromatic N) is 6. The van der Waals surface area contributed by atoms with Gasteiger partial charge in [0.15, 0.2) is 5.82 Å². The van der Waals surface area contributed by atoms with Crippen LogP contribution in [0.5, 0.6) is 0 Å². The molecule has 0 atom stereocenters. The average molecular weight is 393 g/mol. The van der Waals surface area contributed by atoms with Gasteiger partial charge < -0.3 is 5.32 Å². The summed E-state index contributed by atoms with van der Waals surface area (Å²) in [5, 5.41) is 8.14. The molecule has 146 valence electrons. The van der Waals surface area contributed by atoms with Crippen LogP contribution in [0.25, 0.3) is 28.2 Å². The molecule has 5 aromatic rings. The molecule has 0 aliphatic carbocycles. The summed E-state index contributed by atoms with van der Waals surface area (Å²) in [6.45, 7) is 2.45. The van der Waals surface area contributed by atoms with Crippen LogP contribution in [0.3, 0.4) is 0 Å². The Morgan fingerprint density at radius 3 is 2.60 bits per heavy atom. The minimum Gasteiger partial charge on any atom is -0.363 e. The fraction of sp³-hybridized carbons (Fsp3) is 0.0870. The number of hydrogen-bond donors (Lipinski definition) is 1. The van der Waals surface area contributed by atoms with E-state index in [-0.39, 0.29) is 0 Å². The molecule has 0 saturated heterocycles. The van der Waals surface area contributed by atoms with Gasteiger partial charge in [-0.3, -0.25) is 9.97 Å². The average Bonchev–Trinajstić information content (AvgIpc) is 3.23. The van der Waals surface area contributed by atoms with Crippen molar-refractivity contribution in [3.8, 4) is 22.6 Å². The molecule has 0 bridgehead atoms. The van der Waals surface area contributed by atoms with Crippen molar-refractivity contribution in [1.82, 2.24) is 29.5 Å². The van der Waals surface area contributed by atoms with Gasteiger partial charge in [-0.1, -0.05) is 36.4 Å². The van der Waals surface area contributed by atoms with Crippen LogP contribution in [0.2, 0.25) is 0 Å². The summed E-state index contributed by atoms with van der Waals surface area (Å²) >= 11 is 0. The number of anilines is 1. The Morgan fingerprint density at radius 1 is 0.933 bits per heavy atom. The van der Waals surface area contributed by atoms with Crippen LogP contribution in [-0.2, 0) is 6.54 Å². The van der Waals surface area contributed by atoms with Crippen molar-refractivity contribution >= 4 is 11.3 Å². The zero-order chi connectivity index (χ0) is 20.3. The Labute approximate surface area is 173 Å². The maximum Gasteiger partial charge on any atom is 0.202 e. The Hall–Kier alpha value is -4.13. The number of nitrogens with one attached hydrogen (secondary N) is 1. The lowest BCUT2D eigenvalue weighted by Gasteiger charge is -2.11.